The zero-order chi connectivity index (χ0) is 13.9. The maximum Gasteiger partial charge on any atom is 0.405 e. The first-order valence-corrected chi connectivity index (χ1v) is 5.64. The molecule has 1 aromatic rings. The number of carbonyl (C=O) groups excluding carboxylic acids is 1. The first kappa shape index (κ1) is 14.5. The molecule has 2 nitrogen and oxygen atoms in total. The second-order valence-corrected chi connectivity index (χ2v) is 4.52. The van der Waals surface area contributed by atoms with E-state index >= 15 is 0 Å². The highest BCUT2D eigenvalue weighted by atomic mass is 19.4. The quantitative estimate of drug-likeness (QED) is 0.770. The van der Waals surface area contributed by atoms with Crippen molar-refractivity contribution in [2.75, 3.05) is 11.4 Å². The van der Waals surface area contributed by atoms with Gasteiger partial charge in [-0.05, 0) is 32.9 Å². The predicted molar refractivity (Wildman–Crippen MR) is 65.1 cm³/mol. The molecule has 0 spiro atoms. The summed E-state index contributed by atoms with van der Waals surface area (Å²) in [7, 11) is 0. The first-order valence-electron chi connectivity index (χ1n) is 5.64. The Bertz CT molecular complexity index is 427. The van der Waals surface area contributed by atoms with Gasteiger partial charge in [0.2, 0.25) is 0 Å². The highest BCUT2D eigenvalue weighted by Crippen LogP contribution is 2.27. The van der Waals surface area contributed by atoms with Crippen LogP contribution >= 0.6 is 0 Å². The van der Waals surface area contributed by atoms with Crippen molar-refractivity contribution < 1.29 is 18.0 Å². The molecule has 18 heavy (non-hydrogen) atoms. The molecule has 1 rings (SSSR count). The molecule has 1 aromatic carbocycles. The van der Waals surface area contributed by atoms with Crippen LogP contribution in [-0.4, -0.2) is 25.0 Å². The molecule has 0 bridgehead atoms. The zero-order valence-electron chi connectivity index (χ0n) is 10.6. The number of carbonyl (C=O) groups is 1. The van der Waals surface area contributed by atoms with E-state index in [2.05, 4.69) is 0 Å². The summed E-state index contributed by atoms with van der Waals surface area (Å²) in [5.74, 6) is 0. The van der Waals surface area contributed by atoms with Gasteiger partial charge in [-0.25, -0.2) is 0 Å². The number of anilines is 1. The average molecular weight is 259 g/mol. The van der Waals surface area contributed by atoms with Gasteiger partial charge in [-0.3, -0.25) is 4.79 Å². The van der Waals surface area contributed by atoms with Crippen molar-refractivity contribution in [2.24, 2.45) is 0 Å². The van der Waals surface area contributed by atoms with E-state index in [1.807, 2.05) is 0 Å². The number of nitrogens with zero attached hydrogens (tertiary/aromatic N) is 1. The molecule has 0 saturated carbocycles. The summed E-state index contributed by atoms with van der Waals surface area (Å²) in [6, 6.07) is 4.51. The Hall–Kier alpha value is -1.52. The minimum absolute atomic E-state index is 0.285. The van der Waals surface area contributed by atoms with Gasteiger partial charge in [0.1, 0.15) is 6.54 Å². The van der Waals surface area contributed by atoms with Gasteiger partial charge < -0.3 is 4.90 Å². The molecule has 0 aliphatic heterocycles. The Balaban J connectivity index is 3.17. The van der Waals surface area contributed by atoms with Crippen molar-refractivity contribution in [2.45, 2.75) is 33.0 Å². The van der Waals surface area contributed by atoms with E-state index in [1.54, 1.807) is 39.0 Å². The molecule has 5 heteroatoms. The number of aldehydes is 1. The molecule has 0 aromatic heterocycles. The lowest BCUT2D eigenvalue weighted by molar-refractivity contribution is -0.120. The maximum atomic E-state index is 12.5. The van der Waals surface area contributed by atoms with Crippen LogP contribution in [-0.2, 0) is 0 Å². The van der Waals surface area contributed by atoms with Gasteiger partial charge in [0.15, 0.2) is 6.29 Å². The number of hydrogen-bond donors (Lipinski definition) is 0. The van der Waals surface area contributed by atoms with E-state index in [0.29, 0.717) is 12.0 Å². The van der Waals surface area contributed by atoms with E-state index in [-0.39, 0.29) is 11.6 Å². The number of hydrogen-bond acceptors (Lipinski definition) is 2. The molecule has 0 atom stereocenters. The summed E-state index contributed by atoms with van der Waals surface area (Å²) >= 11 is 0. The topological polar surface area (TPSA) is 20.3 Å². The Morgan fingerprint density at radius 3 is 2.39 bits per heavy atom. The summed E-state index contributed by atoms with van der Waals surface area (Å²) in [5.41, 5.74) is 1.45. The number of alkyl halides is 3. The predicted octanol–water partition coefficient (Wildman–Crippen LogP) is 3.58. The van der Waals surface area contributed by atoms with Gasteiger partial charge in [0.25, 0.3) is 0 Å². The molecule has 0 aliphatic carbocycles. The minimum Gasteiger partial charge on any atom is -0.360 e. The van der Waals surface area contributed by atoms with Crippen molar-refractivity contribution in [3.63, 3.8) is 0 Å². The van der Waals surface area contributed by atoms with E-state index in [9.17, 15) is 18.0 Å². The monoisotopic (exact) mass is 259 g/mol. The third-order valence-corrected chi connectivity index (χ3v) is 2.59. The Kier molecular flexibility index (Phi) is 4.38. The van der Waals surface area contributed by atoms with Crippen LogP contribution in [0, 0.1) is 6.92 Å². The van der Waals surface area contributed by atoms with Crippen molar-refractivity contribution in [1.29, 1.82) is 0 Å². The molecule has 0 aliphatic rings. The van der Waals surface area contributed by atoms with Crippen molar-refractivity contribution in [3.05, 3.63) is 29.3 Å². The molecule has 0 unspecified atom stereocenters. The Labute approximate surface area is 104 Å². The van der Waals surface area contributed by atoms with Gasteiger partial charge in [0.05, 0.1) is 0 Å². The lowest BCUT2D eigenvalue weighted by Crippen LogP contribution is -2.39. The summed E-state index contributed by atoms with van der Waals surface area (Å²) in [6.45, 7) is 4.06. The smallest absolute Gasteiger partial charge is 0.360 e. The SMILES string of the molecule is Cc1ccc(N(CC(F)(F)F)C(C)C)c(C=O)c1. The second-order valence-electron chi connectivity index (χ2n) is 4.52. The highest BCUT2D eigenvalue weighted by Gasteiger charge is 2.32. The number of benzene rings is 1. The summed E-state index contributed by atoms with van der Waals surface area (Å²) < 4.78 is 37.6. The molecule has 100 valence electrons. The molecular weight excluding hydrogens is 243 g/mol. The molecule has 0 fully saturated rings. The summed E-state index contributed by atoms with van der Waals surface area (Å²) in [6.07, 6.45) is -3.70. The second kappa shape index (κ2) is 5.42. The zero-order valence-corrected chi connectivity index (χ0v) is 10.6. The molecule has 0 amide bonds. The molecule has 0 saturated heterocycles. The third-order valence-electron chi connectivity index (χ3n) is 2.59. The minimum atomic E-state index is -4.30. The van der Waals surface area contributed by atoms with Gasteiger partial charge in [-0.1, -0.05) is 11.6 Å². The average Bonchev–Trinajstić information content (AvgIpc) is 2.24. The molecule has 0 heterocycles. The Morgan fingerprint density at radius 2 is 1.94 bits per heavy atom. The van der Waals surface area contributed by atoms with Gasteiger partial charge >= 0.3 is 6.18 Å². The largest absolute Gasteiger partial charge is 0.405 e. The van der Waals surface area contributed by atoms with Crippen molar-refractivity contribution in [3.8, 4) is 0 Å². The third kappa shape index (κ3) is 3.75. The van der Waals surface area contributed by atoms with Gasteiger partial charge in [-0.2, -0.15) is 13.2 Å². The number of aryl methyl sites for hydroxylation is 1. The molecular formula is C13H16F3NO. The van der Waals surface area contributed by atoms with E-state index < -0.39 is 12.7 Å². The van der Waals surface area contributed by atoms with Crippen LogP contribution < -0.4 is 4.90 Å². The normalized spacial score (nSPS) is 11.7. The van der Waals surface area contributed by atoms with Crippen LogP contribution in [0.5, 0.6) is 0 Å². The lowest BCUT2D eigenvalue weighted by Gasteiger charge is -2.31. The van der Waals surface area contributed by atoms with Crippen LogP contribution in [0.15, 0.2) is 18.2 Å². The van der Waals surface area contributed by atoms with Gasteiger partial charge in [-0.15, -0.1) is 0 Å². The standard InChI is InChI=1S/C13H16F3NO/c1-9(2)17(8-13(14,15)16)12-5-4-10(3)6-11(12)7-18/h4-7,9H,8H2,1-3H3. The van der Waals surface area contributed by atoms with Crippen LogP contribution in [0.4, 0.5) is 18.9 Å². The fourth-order valence-electron chi connectivity index (χ4n) is 1.77. The molecule has 0 radical (unpaired) electrons. The summed E-state index contributed by atoms with van der Waals surface area (Å²) in [5, 5.41) is 0. The van der Waals surface area contributed by atoms with Gasteiger partial charge in [0, 0.05) is 17.3 Å². The summed E-state index contributed by atoms with van der Waals surface area (Å²) in [4.78, 5) is 12.1. The maximum absolute atomic E-state index is 12.5. The number of rotatable bonds is 4. The molecule has 0 N–H and O–H groups in total. The van der Waals surface area contributed by atoms with Crippen LogP contribution in [0.25, 0.3) is 0 Å². The lowest BCUT2D eigenvalue weighted by atomic mass is 10.1. The number of halogens is 3. The van der Waals surface area contributed by atoms with Crippen LogP contribution in [0.2, 0.25) is 0 Å². The fraction of sp³-hybridized carbons (Fsp3) is 0.462. The van der Waals surface area contributed by atoms with Crippen LogP contribution in [0.3, 0.4) is 0 Å². The van der Waals surface area contributed by atoms with Crippen LogP contribution in [0.1, 0.15) is 29.8 Å². The fourth-order valence-corrected chi connectivity index (χ4v) is 1.77. The van der Waals surface area contributed by atoms with Crippen molar-refractivity contribution in [1.82, 2.24) is 0 Å². The first-order chi connectivity index (χ1) is 8.24. The van der Waals surface area contributed by atoms with E-state index in [0.717, 1.165) is 5.56 Å². The van der Waals surface area contributed by atoms with E-state index in [4.69, 9.17) is 0 Å². The highest BCUT2D eigenvalue weighted by molar-refractivity contribution is 5.85. The van der Waals surface area contributed by atoms with E-state index in [1.165, 1.54) is 4.90 Å². The Morgan fingerprint density at radius 1 is 1.33 bits per heavy atom. The van der Waals surface area contributed by atoms with Crippen molar-refractivity contribution >= 4 is 12.0 Å².